The maximum Gasteiger partial charge on any atom is 0.320 e. The van der Waals surface area contributed by atoms with Crippen LogP contribution in [0.1, 0.15) is 13.3 Å². The summed E-state index contributed by atoms with van der Waals surface area (Å²) in [5, 5.41) is 23.7. The third-order valence-corrected chi connectivity index (χ3v) is 2.16. The summed E-state index contributed by atoms with van der Waals surface area (Å²) in [4.78, 5) is 28.9. The quantitative estimate of drug-likeness (QED) is 0.340. The van der Waals surface area contributed by atoms with Gasteiger partial charge in [-0.1, -0.05) is 0 Å². The van der Waals surface area contributed by atoms with Crippen molar-refractivity contribution in [2.75, 3.05) is 18.6 Å². The monoisotopic (exact) mass is 313 g/mol. The third-order valence-electron chi connectivity index (χ3n) is 1.51. The van der Waals surface area contributed by atoms with Crippen LogP contribution in [0.4, 0.5) is 0 Å². The van der Waals surface area contributed by atoms with E-state index in [2.05, 4.69) is 5.73 Å². The number of thioether (sulfide) groups is 1. The van der Waals surface area contributed by atoms with E-state index in [1.165, 1.54) is 6.92 Å². The minimum atomic E-state index is -0.968. The maximum absolute atomic E-state index is 10.1. The molecule has 0 spiro atoms. The molecule has 0 fully saturated rings. The fourth-order valence-corrected chi connectivity index (χ4v) is 0.858. The Hall–Kier alpha value is -1.36. The summed E-state index contributed by atoms with van der Waals surface area (Å²) in [6, 6.07) is -1.41. The number of hydrogen-bond acceptors (Lipinski definition) is 7. The van der Waals surface area contributed by atoms with E-state index in [0.29, 0.717) is 6.42 Å². The molecule has 0 rings (SSSR count). The molecule has 10 heteroatoms. The number of hydrogen-bond donors (Lipinski definition) is 6. The minimum Gasteiger partial charge on any atom is -0.480 e. The number of carboxylic acids is 3. The molecular formula is C10H23N3O6S. The van der Waals surface area contributed by atoms with Crippen molar-refractivity contribution in [2.45, 2.75) is 25.4 Å². The van der Waals surface area contributed by atoms with Gasteiger partial charge in [0.05, 0.1) is 6.54 Å². The third kappa shape index (κ3) is 25.5. The van der Waals surface area contributed by atoms with E-state index in [9.17, 15) is 14.4 Å². The highest BCUT2D eigenvalue weighted by Gasteiger charge is 2.08. The van der Waals surface area contributed by atoms with Crippen LogP contribution in [0, 0.1) is 0 Å². The summed E-state index contributed by atoms with van der Waals surface area (Å²) >= 11 is 1.60. The first-order valence-electron chi connectivity index (χ1n) is 5.47. The van der Waals surface area contributed by atoms with Crippen LogP contribution in [0.3, 0.4) is 0 Å². The average molecular weight is 313 g/mol. The molecule has 0 aromatic heterocycles. The summed E-state index contributed by atoms with van der Waals surface area (Å²) in [5.74, 6) is -2.03. The van der Waals surface area contributed by atoms with Gasteiger partial charge >= 0.3 is 17.9 Å². The van der Waals surface area contributed by atoms with Gasteiger partial charge in [0.2, 0.25) is 0 Å². The first-order chi connectivity index (χ1) is 9.09. The van der Waals surface area contributed by atoms with Crippen molar-refractivity contribution >= 4 is 29.7 Å². The van der Waals surface area contributed by atoms with E-state index < -0.39 is 30.0 Å². The number of carbonyl (C=O) groups is 3. The molecule has 9 N–H and O–H groups in total. The number of carboxylic acid groups (broad SMARTS) is 3. The zero-order valence-corrected chi connectivity index (χ0v) is 12.3. The molecule has 20 heavy (non-hydrogen) atoms. The van der Waals surface area contributed by atoms with Gasteiger partial charge in [0, 0.05) is 0 Å². The van der Waals surface area contributed by atoms with E-state index in [4.69, 9.17) is 26.8 Å². The van der Waals surface area contributed by atoms with Gasteiger partial charge in [0.15, 0.2) is 0 Å². The zero-order valence-electron chi connectivity index (χ0n) is 11.5. The van der Waals surface area contributed by atoms with Crippen molar-refractivity contribution in [3.63, 3.8) is 0 Å². The van der Waals surface area contributed by atoms with Gasteiger partial charge in [-0.05, 0) is 25.4 Å². The number of nitrogens with two attached hydrogens (primary N) is 3. The predicted octanol–water partition coefficient (Wildman–Crippen LogP) is -1.40. The van der Waals surface area contributed by atoms with E-state index >= 15 is 0 Å². The van der Waals surface area contributed by atoms with Gasteiger partial charge in [-0.2, -0.15) is 11.8 Å². The van der Waals surface area contributed by atoms with Crippen molar-refractivity contribution in [1.82, 2.24) is 0 Å². The SMILES string of the molecule is CC(N)C(=O)O.CSCCC(N)C(=O)O.NCC(=O)O. The second-order valence-electron chi connectivity index (χ2n) is 3.45. The summed E-state index contributed by atoms with van der Waals surface area (Å²) in [7, 11) is 0. The van der Waals surface area contributed by atoms with Gasteiger partial charge in [-0.15, -0.1) is 0 Å². The molecule has 0 aliphatic carbocycles. The lowest BCUT2D eigenvalue weighted by Gasteiger charge is -2.02. The Morgan fingerprint density at radius 1 is 1.10 bits per heavy atom. The molecule has 9 nitrogen and oxygen atoms in total. The summed E-state index contributed by atoms with van der Waals surface area (Å²) in [6.07, 6.45) is 2.48. The van der Waals surface area contributed by atoms with Crippen molar-refractivity contribution < 1.29 is 29.7 Å². The second-order valence-corrected chi connectivity index (χ2v) is 4.44. The van der Waals surface area contributed by atoms with Crippen molar-refractivity contribution in [3.05, 3.63) is 0 Å². The molecule has 120 valence electrons. The van der Waals surface area contributed by atoms with E-state index in [0.717, 1.165) is 5.75 Å². The highest BCUT2D eigenvalue weighted by Crippen LogP contribution is 1.97. The van der Waals surface area contributed by atoms with E-state index in [-0.39, 0.29) is 6.54 Å². The van der Waals surface area contributed by atoms with Crippen molar-refractivity contribution in [3.8, 4) is 0 Å². The molecule has 0 heterocycles. The normalized spacial score (nSPS) is 11.8. The lowest BCUT2D eigenvalue weighted by Crippen LogP contribution is -2.30. The molecule has 0 radical (unpaired) electrons. The lowest BCUT2D eigenvalue weighted by molar-refractivity contribution is -0.139. The highest BCUT2D eigenvalue weighted by atomic mass is 32.2. The fourth-order valence-electron chi connectivity index (χ4n) is 0.368. The molecular weight excluding hydrogens is 290 g/mol. The topological polar surface area (TPSA) is 190 Å². The summed E-state index contributed by atoms with van der Waals surface area (Å²) < 4.78 is 0. The van der Waals surface area contributed by atoms with Crippen LogP contribution < -0.4 is 17.2 Å². The predicted molar refractivity (Wildman–Crippen MR) is 76.6 cm³/mol. The van der Waals surface area contributed by atoms with Crippen molar-refractivity contribution in [1.29, 1.82) is 0 Å². The molecule has 0 amide bonds. The van der Waals surface area contributed by atoms with Gasteiger partial charge < -0.3 is 32.5 Å². The van der Waals surface area contributed by atoms with Crippen LogP contribution in [-0.4, -0.2) is 63.9 Å². The van der Waals surface area contributed by atoms with Crippen LogP contribution in [0.25, 0.3) is 0 Å². The van der Waals surface area contributed by atoms with Crippen LogP contribution in [0.5, 0.6) is 0 Å². The Balaban J connectivity index is -0.000000230. The largest absolute Gasteiger partial charge is 0.480 e. The zero-order chi connectivity index (χ0) is 16.7. The molecule has 2 atom stereocenters. The first kappa shape index (κ1) is 23.7. The Morgan fingerprint density at radius 2 is 1.45 bits per heavy atom. The molecule has 0 saturated carbocycles. The number of rotatable bonds is 6. The maximum atomic E-state index is 10.1. The molecule has 0 saturated heterocycles. The van der Waals surface area contributed by atoms with Crippen LogP contribution in [-0.2, 0) is 14.4 Å². The Labute approximate surface area is 121 Å². The summed E-state index contributed by atoms with van der Waals surface area (Å²) in [6.45, 7) is 1.14. The molecule has 2 unspecified atom stereocenters. The molecule has 0 aromatic rings. The van der Waals surface area contributed by atoms with Gasteiger partial charge in [-0.25, -0.2) is 0 Å². The smallest absolute Gasteiger partial charge is 0.320 e. The fraction of sp³-hybridized carbons (Fsp3) is 0.700. The average Bonchev–Trinajstić information content (AvgIpc) is 2.36. The van der Waals surface area contributed by atoms with Gasteiger partial charge in [-0.3, -0.25) is 14.4 Å². The van der Waals surface area contributed by atoms with Crippen LogP contribution >= 0.6 is 11.8 Å². The van der Waals surface area contributed by atoms with E-state index in [1.54, 1.807) is 11.8 Å². The van der Waals surface area contributed by atoms with E-state index in [1.807, 2.05) is 6.26 Å². The van der Waals surface area contributed by atoms with Crippen LogP contribution in [0.15, 0.2) is 0 Å². The van der Waals surface area contributed by atoms with Gasteiger partial charge in [0.1, 0.15) is 12.1 Å². The Kier molecular flexibility index (Phi) is 18.6. The first-order valence-corrected chi connectivity index (χ1v) is 6.87. The summed E-state index contributed by atoms with van der Waals surface area (Å²) in [5.41, 5.74) is 14.6. The minimum absolute atomic E-state index is 0.278. The number of aliphatic carboxylic acids is 3. The highest BCUT2D eigenvalue weighted by molar-refractivity contribution is 7.98. The molecule has 0 aliphatic rings. The molecule has 0 aliphatic heterocycles. The lowest BCUT2D eigenvalue weighted by atomic mass is 10.2. The van der Waals surface area contributed by atoms with Gasteiger partial charge in [0.25, 0.3) is 0 Å². The molecule has 0 bridgehead atoms. The Bertz CT molecular complexity index is 288. The van der Waals surface area contributed by atoms with Crippen molar-refractivity contribution in [2.24, 2.45) is 17.2 Å². The molecule has 0 aromatic carbocycles. The standard InChI is InChI=1S/C5H11NO2S.C3H7NO2.C2H5NO2/c1-9-3-2-4(6)5(7)8;1-2(4)3(5)6;3-1-2(4)5/h4H,2-3,6H2,1H3,(H,7,8);2H,4H2,1H3,(H,5,6);1,3H2,(H,4,5). The second kappa shape index (κ2) is 15.7. The van der Waals surface area contributed by atoms with Crippen LogP contribution in [0.2, 0.25) is 0 Å². The Morgan fingerprint density at radius 3 is 1.60 bits per heavy atom.